The summed E-state index contributed by atoms with van der Waals surface area (Å²) < 4.78 is 12.9. The number of nitrogens with zero attached hydrogens (tertiary/aromatic N) is 1. The van der Waals surface area contributed by atoms with Gasteiger partial charge in [0.05, 0.1) is 6.54 Å². The Hall–Kier alpha value is -1.42. The molecule has 0 radical (unpaired) electrons. The second-order valence-corrected chi connectivity index (χ2v) is 3.20. The molecule has 14 heavy (non-hydrogen) atoms. The SMILES string of the molecule is O=C1CNCCN1c1cccc(F)c1. The average Bonchev–Trinajstić information content (AvgIpc) is 2.18. The van der Waals surface area contributed by atoms with Crippen molar-refractivity contribution in [3.63, 3.8) is 0 Å². The molecule has 3 nitrogen and oxygen atoms in total. The Morgan fingerprint density at radius 3 is 3.00 bits per heavy atom. The average molecular weight is 194 g/mol. The van der Waals surface area contributed by atoms with Crippen molar-refractivity contribution in [1.82, 2.24) is 5.32 Å². The van der Waals surface area contributed by atoms with Gasteiger partial charge in [-0.15, -0.1) is 0 Å². The zero-order valence-corrected chi connectivity index (χ0v) is 7.66. The highest BCUT2D eigenvalue weighted by atomic mass is 19.1. The first-order chi connectivity index (χ1) is 6.77. The summed E-state index contributed by atoms with van der Waals surface area (Å²) in [6, 6.07) is 6.10. The fourth-order valence-electron chi connectivity index (χ4n) is 1.52. The van der Waals surface area contributed by atoms with E-state index in [9.17, 15) is 9.18 Å². The molecule has 1 N–H and O–H groups in total. The number of hydrogen-bond acceptors (Lipinski definition) is 2. The molecule has 4 heteroatoms. The molecule has 0 unspecified atom stereocenters. The molecule has 0 atom stereocenters. The topological polar surface area (TPSA) is 32.3 Å². The predicted molar refractivity (Wildman–Crippen MR) is 51.6 cm³/mol. The summed E-state index contributed by atoms with van der Waals surface area (Å²) >= 11 is 0. The number of halogens is 1. The van der Waals surface area contributed by atoms with Gasteiger partial charge in [-0.3, -0.25) is 4.79 Å². The number of carbonyl (C=O) groups is 1. The molecule has 0 saturated carbocycles. The monoisotopic (exact) mass is 194 g/mol. The zero-order chi connectivity index (χ0) is 9.97. The molecular formula is C10H11FN2O. The highest BCUT2D eigenvalue weighted by Gasteiger charge is 2.18. The summed E-state index contributed by atoms with van der Waals surface area (Å²) in [6.07, 6.45) is 0. The van der Waals surface area contributed by atoms with Crippen molar-refractivity contribution < 1.29 is 9.18 Å². The molecule has 2 rings (SSSR count). The highest BCUT2D eigenvalue weighted by molar-refractivity contribution is 5.95. The molecule has 1 aliphatic rings. The maximum Gasteiger partial charge on any atom is 0.240 e. The van der Waals surface area contributed by atoms with Gasteiger partial charge in [-0.25, -0.2) is 4.39 Å². The lowest BCUT2D eigenvalue weighted by Crippen LogP contribution is -2.48. The molecule has 0 spiro atoms. The largest absolute Gasteiger partial charge is 0.310 e. The highest BCUT2D eigenvalue weighted by Crippen LogP contribution is 2.16. The van der Waals surface area contributed by atoms with E-state index in [2.05, 4.69) is 5.32 Å². The lowest BCUT2D eigenvalue weighted by molar-refractivity contribution is -0.118. The Labute approximate surface area is 81.5 Å². The standard InChI is InChI=1S/C10H11FN2O/c11-8-2-1-3-9(6-8)13-5-4-12-7-10(13)14/h1-3,6,12H,4-5,7H2. The smallest absolute Gasteiger partial charge is 0.240 e. The van der Waals surface area contributed by atoms with Crippen molar-refractivity contribution in [2.45, 2.75) is 0 Å². The van der Waals surface area contributed by atoms with E-state index in [0.717, 1.165) is 6.54 Å². The number of hydrogen-bond donors (Lipinski definition) is 1. The van der Waals surface area contributed by atoms with Crippen molar-refractivity contribution in [2.24, 2.45) is 0 Å². The number of nitrogens with one attached hydrogen (secondary N) is 1. The van der Waals surface area contributed by atoms with Crippen LogP contribution in [0, 0.1) is 5.82 Å². The maximum atomic E-state index is 12.9. The molecule has 1 fully saturated rings. The Kier molecular flexibility index (Phi) is 2.45. The number of carbonyl (C=O) groups excluding carboxylic acids is 1. The number of rotatable bonds is 1. The number of piperazine rings is 1. The van der Waals surface area contributed by atoms with E-state index < -0.39 is 0 Å². The summed E-state index contributed by atoms with van der Waals surface area (Å²) in [5, 5.41) is 2.96. The van der Waals surface area contributed by atoms with E-state index in [1.165, 1.54) is 12.1 Å². The van der Waals surface area contributed by atoms with Crippen LogP contribution in [0.4, 0.5) is 10.1 Å². The minimum absolute atomic E-state index is 0.0122. The Bertz CT molecular complexity index is 354. The second kappa shape index (κ2) is 3.75. The minimum Gasteiger partial charge on any atom is -0.310 e. The van der Waals surface area contributed by atoms with Crippen LogP contribution in [0.2, 0.25) is 0 Å². The van der Waals surface area contributed by atoms with Crippen LogP contribution < -0.4 is 10.2 Å². The molecule has 74 valence electrons. The van der Waals surface area contributed by atoms with Gasteiger partial charge in [-0.05, 0) is 18.2 Å². The molecule has 1 aliphatic heterocycles. The normalized spacial score (nSPS) is 17.2. The van der Waals surface area contributed by atoms with E-state index in [-0.39, 0.29) is 11.7 Å². The van der Waals surface area contributed by atoms with Crippen LogP contribution in [0.25, 0.3) is 0 Å². The van der Waals surface area contributed by atoms with Gasteiger partial charge in [0, 0.05) is 18.8 Å². The van der Waals surface area contributed by atoms with Crippen molar-refractivity contribution in [1.29, 1.82) is 0 Å². The van der Waals surface area contributed by atoms with Gasteiger partial charge in [0.1, 0.15) is 5.82 Å². The van der Waals surface area contributed by atoms with Crippen molar-refractivity contribution >= 4 is 11.6 Å². The molecule has 1 amide bonds. The molecule has 1 saturated heterocycles. The molecule has 0 bridgehead atoms. The molecular weight excluding hydrogens is 183 g/mol. The Morgan fingerprint density at radius 1 is 1.43 bits per heavy atom. The fraction of sp³-hybridized carbons (Fsp3) is 0.300. The van der Waals surface area contributed by atoms with Crippen LogP contribution in [-0.4, -0.2) is 25.5 Å². The summed E-state index contributed by atoms with van der Waals surface area (Å²) in [5.74, 6) is -0.323. The quantitative estimate of drug-likeness (QED) is 0.716. The van der Waals surface area contributed by atoms with E-state index in [1.54, 1.807) is 17.0 Å². The van der Waals surface area contributed by atoms with Gasteiger partial charge < -0.3 is 10.2 Å². The second-order valence-electron chi connectivity index (χ2n) is 3.20. The summed E-state index contributed by atoms with van der Waals surface area (Å²) in [7, 11) is 0. The van der Waals surface area contributed by atoms with Crippen molar-refractivity contribution in [3.05, 3.63) is 30.1 Å². The molecule has 0 aliphatic carbocycles. The van der Waals surface area contributed by atoms with Crippen LogP contribution in [0.15, 0.2) is 24.3 Å². The van der Waals surface area contributed by atoms with Gasteiger partial charge in [0.15, 0.2) is 0 Å². The molecule has 1 aromatic rings. The Morgan fingerprint density at radius 2 is 2.29 bits per heavy atom. The van der Waals surface area contributed by atoms with Crippen molar-refractivity contribution in [2.75, 3.05) is 24.5 Å². The third kappa shape index (κ3) is 1.75. The first-order valence-corrected chi connectivity index (χ1v) is 4.54. The maximum absolute atomic E-state index is 12.9. The van der Waals surface area contributed by atoms with E-state index in [0.29, 0.717) is 18.8 Å². The van der Waals surface area contributed by atoms with Crippen LogP contribution in [0.1, 0.15) is 0 Å². The minimum atomic E-state index is -0.311. The van der Waals surface area contributed by atoms with Crippen LogP contribution >= 0.6 is 0 Å². The van der Waals surface area contributed by atoms with Crippen LogP contribution in [0.5, 0.6) is 0 Å². The van der Waals surface area contributed by atoms with Crippen LogP contribution in [0.3, 0.4) is 0 Å². The van der Waals surface area contributed by atoms with Crippen LogP contribution in [-0.2, 0) is 4.79 Å². The molecule has 1 heterocycles. The fourth-order valence-corrected chi connectivity index (χ4v) is 1.52. The third-order valence-corrected chi connectivity index (χ3v) is 2.21. The lowest BCUT2D eigenvalue weighted by atomic mass is 10.2. The lowest BCUT2D eigenvalue weighted by Gasteiger charge is -2.27. The number of anilines is 1. The summed E-state index contributed by atoms with van der Waals surface area (Å²) in [5.41, 5.74) is 0.636. The molecule has 0 aromatic heterocycles. The first-order valence-electron chi connectivity index (χ1n) is 4.54. The van der Waals surface area contributed by atoms with Gasteiger partial charge in [0.2, 0.25) is 5.91 Å². The number of amides is 1. The van der Waals surface area contributed by atoms with E-state index in [1.807, 2.05) is 0 Å². The first kappa shape index (κ1) is 9.15. The summed E-state index contributed by atoms with van der Waals surface area (Å²) in [6.45, 7) is 1.68. The van der Waals surface area contributed by atoms with E-state index >= 15 is 0 Å². The van der Waals surface area contributed by atoms with Gasteiger partial charge in [0.25, 0.3) is 0 Å². The van der Waals surface area contributed by atoms with Gasteiger partial charge in [-0.2, -0.15) is 0 Å². The van der Waals surface area contributed by atoms with Gasteiger partial charge >= 0.3 is 0 Å². The van der Waals surface area contributed by atoms with Gasteiger partial charge in [-0.1, -0.05) is 6.07 Å². The third-order valence-electron chi connectivity index (χ3n) is 2.21. The predicted octanol–water partition coefficient (Wildman–Crippen LogP) is 0.762. The Balaban J connectivity index is 2.24. The van der Waals surface area contributed by atoms with Crippen molar-refractivity contribution in [3.8, 4) is 0 Å². The zero-order valence-electron chi connectivity index (χ0n) is 7.66. The van der Waals surface area contributed by atoms with E-state index in [4.69, 9.17) is 0 Å². The summed E-state index contributed by atoms with van der Waals surface area (Å²) in [4.78, 5) is 13.0. The molecule has 1 aromatic carbocycles. The number of benzene rings is 1.